The maximum absolute atomic E-state index is 12.9. The van der Waals surface area contributed by atoms with Crippen molar-refractivity contribution in [1.29, 1.82) is 0 Å². The molecule has 3 aliphatic carbocycles. The summed E-state index contributed by atoms with van der Waals surface area (Å²) < 4.78 is 23.7. The third-order valence-electron chi connectivity index (χ3n) is 9.79. The van der Waals surface area contributed by atoms with Crippen molar-refractivity contribution >= 4 is 30.0 Å². The van der Waals surface area contributed by atoms with Crippen molar-refractivity contribution in [3.63, 3.8) is 0 Å². The first-order valence-corrected chi connectivity index (χ1v) is 15.1. The molecular weight excluding hydrogens is 564 g/mol. The van der Waals surface area contributed by atoms with Gasteiger partial charge in [-0.15, -0.1) is 0 Å². The van der Waals surface area contributed by atoms with E-state index in [0.29, 0.717) is 36.0 Å². The molecule has 2 bridgehead atoms. The molecule has 1 aromatic carbocycles. The van der Waals surface area contributed by atoms with Crippen molar-refractivity contribution in [3.8, 4) is 0 Å². The summed E-state index contributed by atoms with van der Waals surface area (Å²) in [5.41, 5.74) is 0.955. The third kappa shape index (κ3) is 6.39. The smallest absolute Gasteiger partial charge is 0.331 e. The SMILES string of the molecule is C=C1[C@@H](OC(=O)/C=C\c2ccccc2)CC[C@@]2(C)[C@@H](OC(C)=O)[C@H](OC(C)=O)C3=C(C)[C@@H](OC(C)=O)C[C@@H]([C@@H](O)[C@H]12)C3(C)C. The maximum Gasteiger partial charge on any atom is 0.331 e. The minimum Gasteiger partial charge on any atom is -0.458 e. The van der Waals surface area contributed by atoms with Crippen LogP contribution in [0.25, 0.3) is 6.08 Å². The Kier molecular flexibility index (Phi) is 9.59. The van der Waals surface area contributed by atoms with Gasteiger partial charge in [-0.2, -0.15) is 0 Å². The van der Waals surface area contributed by atoms with Crippen LogP contribution in [0.4, 0.5) is 0 Å². The molecule has 1 aromatic rings. The zero-order valence-corrected chi connectivity index (χ0v) is 26.6. The fourth-order valence-corrected chi connectivity index (χ4v) is 7.86. The van der Waals surface area contributed by atoms with Gasteiger partial charge in [0.15, 0.2) is 6.10 Å². The first kappa shape index (κ1) is 33.2. The van der Waals surface area contributed by atoms with Crippen LogP contribution in [0, 0.1) is 22.7 Å². The molecule has 9 nitrogen and oxygen atoms in total. The van der Waals surface area contributed by atoms with Gasteiger partial charge in [0.25, 0.3) is 0 Å². The normalized spacial score (nSPS) is 33.0. The highest BCUT2D eigenvalue weighted by Crippen LogP contribution is 2.60. The third-order valence-corrected chi connectivity index (χ3v) is 9.79. The molecule has 0 heterocycles. The molecule has 9 heteroatoms. The summed E-state index contributed by atoms with van der Waals surface area (Å²) >= 11 is 0. The van der Waals surface area contributed by atoms with Crippen molar-refractivity contribution in [1.82, 2.24) is 0 Å². The molecule has 0 saturated heterocycles. The van der Waals surface area contributed by atoms with Crippen molar-refractivity contribution in [2.75, 3.05) is 0 Å². The number of hydrogen-bond acceptors (Lipinski definition) is 9. The van der Waals surface area contributed by atoms with Crippen molar-refractivity contribution in [2.45, 2.75) is 98.2 Å². The molecule has 3 aliphatic rings. The number of carbonyl (C=O) groups is 4. The average Bonchev–Trinajstić information content (AvgIpc) is 2.92. The Hall–Kier alpha value is -3.72. The molecule has 0 radical (unpaired) electrons. The van der Waals surface area contributed by atoms with E-state index >= 15 is 0 Å². The van der Waals surface area contributed by atoms with Gasteiger partial charge < -0.3 is 24.1 Å². The summed E-state index contributed by atoms with van der Waals surface area (Å²) in [4.78, 5) is 50.3. The Labute approximate surface area is 259 Å². The van der Waals surface area contributed by atoms with Crippen LogP contribution in [-0.4, -0.2) is 59.5 Å². The van der Waals surface area contributed by atoms with E-state index in [2.05, 4.69) is 6.58 Å². The van der Waals surface area contributed by atoms with E-state index < -0.39 is 77.1 Å². The van der Waals surface area contributed by atoms with Gasteiger partial charge in [0.05, 0.1) is 6.10 Å². The zero-order valence-electron chi connectivity index (χ0n) is 26.6. The van der Waals surface area contributed by atoms with E-state index in [1.165, 1.54) is 26.8 Å². The zero-order chi connectivity index (χ0) is 32.6. The molecule has 1 N–H and O–H groups in total. The molecule has 0 amide bonds. The van der Waals surface area contributed by atoms with Crippen molar-refractivity contribution in [3.05, 3.63) is 65.3 Å². The van der Waals surface area contributed by atoms with E-state index in [-0.39, 0.29) is 0 Å². The van der Waals surface area contributed by atoms with Crippen LogP contribution in [0.15, 0.2) is 59.7 Å². The Morgan fingerprint density at radius 3 is 2.11 bits per heavy atom. The van der Waals surface area contributed by atoms with Crippen LogP contribution >= 0.6 is 0 Å². The van der Waals surface area contributed by atoms with E-state index in [4.69, 9.17) is 18.9 Å². The largest absolute Gasteiger partial charge is 0.458 e. The summed E-state index contributed by atoms with van der Waals surface area (Å²) in [6.45, 7) is 15.9. The Balaban J connectivity index is 1.81. The molecule has 2 saturated carbocycles. The fourth-order valence-electron chi connectivity index (χ4n) is 7.86. The van der Waals surface area contributed by atoms with Gasteiger partial charge in [0, 0.05) is 38.2 Å². The van der Waals surface area contributed by atoms with Gasteiger partial charge in [0.1, 0.15) is 18.3 Å². The summed E-state index contributed by atoms with van der Waals surface area (Å²) in [7, 11) is 0. The Morgan fingerprint density at radius 2 is 1.52 bits per heavy atom. The van der Waals surface area contributed by atoms with Crippen LogP contribution < -0.4 is 0 Å². The van der Waals surface area contributed by atoms with E-state index in [1.54, 1.807) is 6.08 Å². The van der Waals surface area contributed by atoms with Crippen LogP contribution in [0.3, 0.4) is 0 Å². The number of esters is 4. The maximum atomic E-state index is 12.9. The Bertz CT molecular complexity index is 1370. The second kappa shape index (κ2) is 12.7. The Morgan fingerprint density at radius 1 is 0.909 bits per heavy atom. The minimum atomic E-state index is -1.05. The second-order valence-corrected chi connectivity index (χ2v) is 13.1. The quantitative estimate of drug-likeness (QED) is 0.203. The second-order valence-electron chi connectivity index (χ2n) is 13.1. The number of hydrogen-bond donors (Lipinski definition) is 1. The number of carbonyl (C=O) groups excluding carboxylic acids is 4. The molecule has 4 rings (SSSR count). The van der Waals surface area contributed by atoms with Gasteiger partial charge >= 0.3 is 23.9 Å². The topological polar surface area (TPSA) is 125 Å². The summed E-state index contributed by atoms with van der Waals surface area (Å²) in [5, 5.41) is 12.3. The first-order chi connectivity index (χ1) is 20.6. The number of ether oxygens (including phenoxy) is 4. The standard InChI is InChI=1S/C35H44O9/c1-19-26(44-28(39)15-14-24-12-10-9-11-13-24)16-17-35(8)29(19)31(40)25-18-27(41-21(3)36)20(2)30(34(25,6)7)32(42-22(4)37)33(35)43-23(5)38/h9-15,25-27,29,31-33,40H,1,16-18H2,2-8H3/b15-14-/t25-,26-,27-,29-,31+,32+,33-,35+/m0/s1. The molecule has 238 valence electrons. The van der Waals surface area contributed by atoms with Crippen LogP contribution in [0.1, 0.15) is 73.3 Å². The van der Waals surface area contributed by atoms with E-state index in [0.717, 1.165) is 5.56 Å². The number of aliphatic hydroxyl groups excluding tert-OH is 1. The lowest BCUT2D eigenvalue weighted by molar-refractivity contribution is -0.198. The minimum absolute atomic E-state index is 0.318. The van der Waals surface area contributed by atoms with Crippen molar-refractivity contribution < 1.29 is 43.2 Å². The number of fused-ring (bicyclic) bond motifs is 3. The lowest BCUT2D eigenvalue weighted by Gasteiger charge is -2.59. The van der Waals surface area contributed by atoms with E-state index in [9.17, 15) is 24.3 Å². The highest BCUT2D eigenvalue weighted by Gasteiger charge is 2.63. The van der Waals surface area contributed by atoms with Crippen molar-refractivity contribution in [2.24, 2.45) is 22.7 Å². The molecule has 44 heavy (non-hydrogen) atoms. The number of benzene rings is 1. The number of aliphatic hydroxyl groups is 1. The van der Waals surface area contributed by atoms with Gasteiger partial charge in [0.2, 0.25) is 0 Å². The predicted molar refractivity (Wildman–Crippen MR) is 163 cm³/mol. The molecule has 2 fully saturated rings. The van der Waals surface area contributed by atoms with Gasteiger partial charge in [-0.25, -0.2) is 4.79 Å². The van der Waals surface area contributed by atoms with Gasteiger partial charge in [-0.3, -0.25) is 14.4 Å². The fraction of sp³-hybridized carbons (Fsp3) is 0.543. The molecule has 8 atom stereocenters. The first-order valence-electron chi connectivity index (χ1n) is 15.1. The van der Waals surface area contributed by atoms with Gasteiger partial charge in [-0.1, -0.05) is 57.7 Å². The van der Waals surface area contributed by atoms with Gasteiger partial charge in [-0.05, 0) is 65.9 Å². The molecule has 0 aliphatic heterocycles. The summed E-state index contributed by atoms with van der Waals surface area (Å²) in [6, 6.07) is 9.36. The van der Waals surface area contributed by atoms with Crippen LogP contribution in [-0.2, 0) is 38.1 Å². The molecular formula is C35H44O9. The predicted octanol–water partition coefficient (Wildman–Crippen LogP) is 5.12. The monoisotopic (exact) mass is 608 g/mol. The lowest BCUT2D eigenvalue weighted by atomic mass is 9.49. The average molecular weight is 609 g/mol. The van der Waals surface area contributed by atoms with Crippen LogP contribution in [0.2, 0.25) is 0 Å². The molecule has 0 aromatic heterocycles. The summed E-state index contributed by atoms with van der Waals surface area (Å²) in [5.74, 6) is -3.38. The highest BCUT2D eigenvalue weighted by molar-refractivity contribution is 5.87. The molecule has 0 unspecified atom stereocenters. The lowest BCUT2D eigenvalue weighted by Crippen LogP contribution is -2.63. The highest BCUT2D eigenvalue weighted by atomic mass is 16.6. The van der Waals surface area contributed by atoms with Crippen LogP contribution in [0.5, 0.6) is 0 Å². The number of rotatable bonds is 6. The summed E-state index contributed by atoms with van der Waals surface area (Å²) in [6.07, 6.45) is -0.427. The van der Waals surface area contributed by atoms with E-state index in [1.807, 2.05) is 58.0 Å². The molecule has 0 spiro atoms.